The Morgan fingerprint density at radius 2 is 1.93 bits per heavy atom. The summed E-state index contributed by atoms with van der Waals surface area (Å²) in [6.07, 6.45) is 5.21. The topological polar surface area (TPSA) is 72.2 Å². The molecule has 0 bridgehead atoms. The molecule has 0 unspecified atom stereocenters. The predicted molar refractivity (Wildman–Crippen MR) is 59.0 cm³/mol. The van der Waals surface area contributed by atoms with Crippen molar-refractivity contribution in [3.05, 3.63) is 12.2 Å². The van der Waals surface area contributed by atoms with Crippen molar-refractivity contribution in [1.29, 1.82) is 0 Å². The van der Waals surface area contributed by atoms with Crippen LogP contribution in [-0.4, -0.2) is 24.1 Å². The number of carbonyl (C=O) groups is 2. The van der Waals surface area contributed by atoms with Crippen molar-refractivity contribution >= 4 is 24.4 Å². The lowest BCUT2D eigenvalue weighted by atomic mass is 10.2. The molecule has 4 nitrogen and oxygen atoms in total. The van der Waals surface area contributed by atoms with Gasteiger partial charge in [0.25, 0.3) is 0 Å². The summed E-state index contributed by atoms with van der Waals surface area (Å²) < 4.78 is 0. The number of nitrogens with two attached hydrogens (primary N) is 1. The van der Waals surface area contributed by atoms with Crippen LogP contribution in [0.5, 0.6) is 0 Å². The number of nitrogens with one attached hydrogen (secondary N) is 1. The second-order valence-electron chi connectivity index (χ2n) is 2.81. The van der Waals surface area contributed by atoms with Crippen LogP contribution >= 0.6 is 12.6 Å². The molecule has 0 fully saturated rings. The van der Waals surface area contributed by atoms with Crippen molar-refractivity contribution in [3.63, 3.8) is 0 Å². The first-order valence-corrected chi connectivity index (χ1v) is 5.16. The summed E-state index contributed by atoms with van der Waals surface area (Å²) in [6, 6.07) is 0. The van der Waals surface area contributed by atoms with Gasteiger partial charge in [0.15, 0.2) is 0 Å². The van der Waals surface area contributed by atoms with E-state index < -0.39 is 5.91 Å². The molecule has 5 heteroatoms. The molecule has 2 amide bonds. The second kappa shape index (κ2) is 8.62. The summed E-state index contributed by atoms with van der Waals surface area (Å²) in [7, 11) is 0. The number of unbranched alkanes of at least 4 members (excludes halogenated alkanes) is 2. The Labute approximate surface area is 89.3 Å². The Morgan fingerprint density at radius 1 is 1.21 bits per heavy atom. The van der Waals surface area contributed by atoms with Gasteiger partial charge in [-0.15, -0.1) is 0 Å². The molecule has 14 heavy (non-hydrogen) atoms. The van der Waals surface area contributed by atoms with Crippen molar-refractivity contribution in [2.75, 3.05) is 12.3 Å². The van der Waals surface area contributed by atoms with Crippen LogP contribution in [0.3, 0.4) is 0 Å². The van der Waals surface area contributed by atoms with Crippen LogP contribution in [0.2, 0.25) is 0 Å². The fourth-order valence-corrected chi connectivity index (χ4v) is 1.07. The van der Waals surface area contributed by atoms with Crippen LogP contribution in [0, 0.1) is 0 Å². The zero-order valence-electron chi connectivity index (χ0n) is 8.03. The summed E-state index contributed by atoms with van der Waals surface area (Å²) in [4.78, 5) is 21.2. The number of hydrogen-bond acceptors (Lipinski definition) is 3. The Bertz CT molecular complexity index is 217. The van der Waals surface area contributed by atoms with E-state index in [0.717, 1.165) is 37.2 Å². The molecular weight excluding hydrogens is 200 g/mol. The average Bonchev–Trinajstić information content (AvgIpc) is 2.14. The summed E-state index contributed by atoms with van der Waals surface area (Å²) in [6.45, 7) is 0.621. The number of rotatable bonds is 7. The van der Waals surface area contributed by atoms with Crippen molar-refractivity contribution in [2.45, 2.75) is 19.3 Å². The lowest BCUT2D eigenvalue weighted by molar-refractivity contribution is -0.117. The van der Waals surface area contributed by atoms with E-state index in [1.165, 1.54) is 0 Å². The van der Waals surface area contributed by atoms with Gasteiger partial charge in [-0.3, -0.25) is 9.59 Å². The lowest BCUT2D eigenvalue weighted by Crippen LogP contribution is -2.22. The molecule has 3 N–H and O–H groups in total. The van der Waals surface area contributed by atoms with E-state index in [4.69, 9.17) is 5.73 Å². The number of thiol groups is 1. The third-order valence-corrected chi connectivity index (χ3v) is 1.85. The van der Waals surface area contributed by atoms with Crippen molar-refractivity contribution in [2.24, 2.45) is 5.73 Å². The fraction of sp³-hybridized carbons (Fsp3) is 0.556. The summed E-state index contributed by atoms with van der Waals surface area (Å²) in [5, 5.41) is 2.64. The van der Waals surface area contributed by atoms with Gasteiger partial charge in [-0.05, 0) is 18.6 Å². The minimum Gasteiger partial charge on any atom is -0.366 e. The molecule has 0 aromatic carbocycles. The second-order valence-corrected chi connectivity index (χ2v) is 3.26. The molecular formula is C9H16N2O2S. The molecule has 0 radical (unpaired) electrons. The van der Waals surface area contributed by atoms with E-state index in [9.17, 15) is 9.59 Å². The van der Waals surface area contributed by atoms with E-state index in [-0.39, 0.29) is 5.91 Å². The normalized spacial score (nSPS) is 10.4. The summed E-state index contributed by atoms with van der Waals surface area (Å²) in [5.74, 6) is -0.0277. The highest BCUT2D eigenvalue weighted by atomic mass is 32.1. The van der Waals surface area contributed by atoms with Gasteiger partial charge >= 0.3 is 0 Å². The van der Waals surface area contributed by atoms with E-state index in [1.54, 1.807) is 0 Å². The van der Waals surface area contributed by atoms with Gasteiger partial charge in [0.1, 0.15) is 0 Å². The van der Waals surface area contributed by atoms with Crippen LogP contribution in [0.1, 0.15) is 19.3 Å². The standard InChI is InChI=1S/C9H16N2O2S/c10-8(12)4-5-9(13)11-6-2-1-3-7-14/h4-5,14H,1-3,6-7H2,(H2,10,12)(H,11,13)/b5-4+. The van der Waals surface area contributed by atoms with Gasteiger partial charge in [-0.25, -0.2) is 0 Å². The molecule has 0 rings (SSSR count). The Morgan fingerprint density at radius 3 is 2.50 bits per heavy atom. The smallest absolute Gasteiger partial charge is 0.244 e. The minimum atomic E-state index is -0.616. The summed E-state index contributed by atoms with van der Waals surface area (Å²) >= 11 is 4.07. The van der Waals surface area contributed by atoms with Crippen LogP contribution in [0.4, 0.5) is 0 Å². The third kappa shape index (κ3) is 9.12. The highest BCUT2D eigenvalue weighted by Gasteiger charge is 1.94. The SMILES string of the molecule is NC(=O)/C=C/C(=O)NCCCCCS. The molecule has 0 atom stereocenters. The van der Waals surface area contributed by atoms with Crippen molar-refractivity contribution in [3.8, 4) is 0 Å². The van der Waals surface area contributed by atoms with Gasteiger partial charge in [-0.2, -0.15) is 12.6 Å². The Kier molecular flexibility index (Phi) is 8.02. The zero-order chi connectivity index (χ0) is 10.8. The molecule has 0 heterocycles. The highest BCUT2D eigenvalue weighted by Crippen LogP contribution is 1.94. The maximum Gasteiger partial charge on any atom is 0.244 e. The first-order chi connectivity index (χ1) is 6.66. The van der Waals surface area contributed by atoms with Gasteiger partial charge in [0, 0.05) is 18.7 Å². The number of carbonyl (C=O) groups excluding carboxylic acids is 2. The Hall–Kier alpha value is -0.970. The largest absolute Gasteiger partial charge is 0.366 e. The Balaban J connectivity index is 3.40. The van der Waals surface area contributed by atoms with E-state index in [1.807, 2.05) is 0 Å². The quantitative estimate of drug-likeness (QED) is 0.324. The van der Waals surface area contributed by atoms with Gasteiger partial charge in [-0.1, -0.05) is 6.42 Å². The number of amides is 2. The molecule has 0 aliphatic carbocycles. The van der Waals surface area contributed by atoms with Crippen molar-refractivity contribution in [1.82, 2.24) is 5.32 Å². The van der Waals surface area contributed by atoms with E-state index in [2.05, 4.69) is 17.9 Å². The number of primary amides is 1. The average molecular weight is 216 g/mol. The molecule has 0 aromatic heterocycles. The third-order valence-electron chi connectivity index (χ3n) is 1.53. The molecule has 0 spiro atoms. The van der Waals surface area contributed by atoms with Crippen LogP contribution in [0.15, 0.2) is 12.2 Å². The van der Waals surface area contributed by atoms with Crippen molar-refractivity contribution < 1.29 is 9.59 Å². The van der Waals surface area contributed by atoms with E-state index in [0.29, 0.717) is 6.54 Å². The maximum absolute atomic E-state index is 11.0. The molecule has 0 saturated heterocycles. The van der Waals surface area contributed by atoms with Crippen LogP contribution in [0.25, 0.3) is 0 Å². The monoisotopic (exact) mass is 216 g/mol. The van der Waals surface area contributed by atoms with Crippen LogP contribution in [-0.2, 0) is 9.59 Å². The number of hydrogen-bond donors (Lipinski definition) is 3. The molecule has 0 saturated carbocycles. The molecule has 80 valence electrons. The molecule has 0 aliphatic heterocycles. The van der Waals surface area contributed by atoms with E-state index >= 15 is 0 Å². The first-order valence-electron chi connectivity index (χ1n) is 4.53. The minimum absolute atomic E-state index is 0.283. The van der Waals surface area contributed by atoms with Gasteiger partial charge in [0.05, 0.1) is 0 Å². The first kappa shape index (κ1) is 13.0. The van der Waals surface area contributed by atoms with Gasteiger partial charge in [0.2, 0.25) is 11.8 Å². The lowest BCUT2D eigenvalue weighted by Gasteiger charge is -2.00. The molecule has 0 aliphatic rings. The fourth-order valence-electron chi connectivity index (χ4n) is 0.842. The predicted octanol–water partition coefficient (Wildman–Crippen LogP) is 0.244. The summed E-state index contributed by atoms with van der Waals surface area (Å²) in [5.41, 5.74) is 4.82. The van der Waals surface area contributed by atoms with Crippen LogP contribution < -0.4 is 11.1 Å². The maximum atomic E-state index is 11.0. The molecule has 0 aromatic rings. The van der Waals surface area contributed by atoms with Gasteiger partial charge < -0.3 is 11.1 Å². The highest BCUT2D eigenvalue weighted by molar-refractivity contribution is 7.80. The zero-order valence-corrected chi connectivity index (χ0v) is 8.93.